The number of esters is 1. The third kappa shape index (κ3) is 4.43. The lowest BCUT2D eigenvalue weighted by molar-refractivity contribution is -0.134. The minimum atomic E-state index is -0.536. The molecule has 7 heteroatoms. The molecule has 0 spiro atoms. The zero-order valence-corrected chi connectivity index (χ0v) is 16.3. The van der Waals surface area contributed by atoms with Crippen LogP contribution in [0.1, 0.15) is 41.2 Å². The van der Waals surface area contributed by atoms with E-state index in [0.717, 1.165) is 5.56 Å². The van der Waals surface area contributed by atoms with E-state index in [1.54, 1.807) is 23.4 Å². The van der Waals surface area contributed by atoms with E-state index in [-0.39, 0.29) is 12.5 Å². The summed E-state index contributed by atoms with van der Waals surface area (Å²) in [6, 6.07) is 7.50. The summed E-state index contributed by atoms with van der Waals surface area (Å²) < 4.78 is 6.94. The first-order valence-corrected chi connectivity index (χ1v) is 8.99. The second-order valence-corrected chi connectivity index (χ2v) is 6.34. The molecule has 1 amide bonds. The van der Waals surface area contributed by atoms with Crippen molar-refractivity contribution in [1.82, 2.24) is 14.7 Å². The van der Waals surface area contributed by atoms with Crippen LogP contribution in [0.15, 0.2) is 24.3 Å². The van der Waals surface area contributed by atoms with E-state index in [1.165, 1.54) is 0 Å². The van der Waals surface area contributed by atoms with Gasteiger partial charge in [0.05, 0.1) is 17.9 Å². The summed E-state index contributed by atoms with van der Waals surface area (Å²) in [5.74, 6) is -0.743. The number of likely N-dealkylation sites (N-methyl/N-ethyl adjacent to an activating group) is 1. The number of carbonyl (C=O) groups excluding carboxylic acids is 2. The Bertz CT molecular complexity index is 797. The molecule has 0 fully saturated rings. The van der Waals surface area contributed by atoms with Gasteiger partial charge in [-0.3, -0.25) is 9.48 Å². The van der Waals surface area contributed by atoms with Crippen LogP contribution in [0.4, 0.5) is 0 Å². The van der Waals surface area contributed by atoms with Crippen LogP contribution in [-0.2, 0) is 16.1 Å². The van der Waals surface area contributed by atoms with Crippen LogP contribution in [0.25, 0.3) is 0 Å². The molecule has 0 aliphatic carbocycles. The Morgan fingerprint density at radius 1 is 1.19 bits per heavy atom. The number of halogens is 1. The van der Waals surface area contributed by atoms with Crippen LogP contribution < -0.4 is 0 Å². The Balaban J connectivity index is 2.13. The summed E-state index contributed by atoms with van der Waals surface area (Å²) in [4.78, 5) is 26.1. The molecule has 0 N–H and O–H groups in total. The smallest absolute Gasteiger partial charge is 0.342 e. The highest BCUT2D eigenvalue weighted by molar-refractivity contribution is 6.31. The topological polar surface area (TPSA) is 64.4 Å². The number of ether oxygens (including phenoxy) is 1. The summed E-state index contributed by atoms with van der Waals surface area (Å²) >= 11 is 6.20. The molecule has 0 aliphatic heterocycles. The normalized spacial score (nSPS) is 10.7. The largest absolute Gasteiger partial charge is 0.452 e. The molecule has 6 nitrogen and oxygen atoms in total. The number of carbonyl (C=O) groups is 2. The number of hydrogen-bond acceptors (Lipinski definition) is 4. The summed E-state index contributed by atoms with van der Waals surface area (Å²) in [5, 5.41) is 5.07. The molecule has 1 aromatic carbocycles. The molecule has 1 heterocycles. The zero-order chi connectivity index (χ0) is 19.3. The van der Waals surface area contributed by atoms with E-state index in [9.17, 15) is 9.59 Å². The molecule has 26 heavy (non-hydrogen) atoms. The number of nitrogens with zero attached hydrogens (tertiary/aromatic N) is 3. The molecule has 140 valence electrons. The molecule has 0 saturated heterocycles. The van der Waals surface area contributed by atoms with Crippen molar-refractivity contribution in [3.05, 3.63) is 51.8 Å². The van der Waals surface area contributed by atoms with Crippen LogP contribution in [0.5, 0.6) is 0 Å². The number of aryl methyl sites for hydroxylation is 1. The van der Waals surface area contributed by atoms with E-state index in [2.05, 4.69) is 5.10 Å². The maximum absolute atomic E-state index is 12.5. The van der Waals surface area contributed by atoms with Crippen LogP contribution >= 0.6 is 11.6 Å². The van der Waals surface area contributed by atoms with Crippen molar-refractivity contribution >= 4 is 23.5 Å². The lowest BCUT2D eigenvalue weighted by Gasteiger charge is -2.18. The molecular formula is C19H24ClN3O3. The Labute approximate surface area is 158 Å². The molecule has 1 aromatic heterocycles. The van der Waals surface area contributed by atoms with Gasteiger partial charge in [0.15, 0.2) is 6.61 Å². The molecule has 0 saturated carbocycles. The third-order valence-electron chi connectivity index (χ3n) is 4.31. The van der Waals surface area contributed by atoms with Crippen molar-refractivity contribution in [3.63, 3.8) is 0 Å². The molecule has 0 aliphatic rings. The first kappa shape index (κ1) is 20.0. The van der Waals surface area contributed by atoms with Gasteiger partial charge in [0.2, 0.25) is 0 Å². The van der Waals surface area contributed by atoms with E-state index in [0.29, 0.717) is 41.6 Å². The Hall–Kier alpha value is -2.34. The molecule has 0 bridgehead atoms. The number of rotatable bonds is 7. The maximum atomic E-state index is 12.5. The molecule has 2 aromatic rings. The SMILES string of the molecule is CCN(CC)C(=O)COC(=O)c1c(C)nn(Cc2ccccc2Cl)c1C. The number of benzene rings is 1. The fraction of sp³-hybridized carbons (Fsp3) is 0.421. The van der Waals surface area contributed by atoms with E-state index in [4.69, 9.17) is 16.3 Å². The monoisotopic (exact) mass is 377 g/mol. The van der Waals surface area contributed by atoms with Gasteiger partial charge < -0.3 is 9.64 Å². The number of amides is 1. The summed E-state index contributed by atoms with van der Waals surface area (Å²) in [5.41, 5.74) is 2.55. The lowest BCUT2D eigenvalue weighted by Crippen LogP contribution is -2.34. The standard InChI is InChI=1S/C19H24ClN3O3/c1-5-22(6-2)17(24)12-26-19(25)18-13(3)21-23(14(18)4)11-15-9-7-8-10-16(15)20/h7-10H,5-6,11-12H2,1-4H3. The highest BCUT2D eigenvalue weighted by Gasteiger charge is 2.22. The van der Waals surface area contributed by atoms with Crippen molar-refractivity contribution in [1.29, 1.82) is 0 Å². The van der Waals surface area contributed by atoms with Crippen molar-refractivity contribution < 1.29 is 14.3 Å². The van der Waals surface area contributed by atoms with Gasteiger partial charge in [-0.1, -0.05) is 29.8 Å². The summed E-state index contributed by atoms with van der Waals surface area (Å²) in [7, 11) is 0. The Morgan fingerprint density at radius 2 is 1.85 bits per heavy atom. The number of aromatic nitrogens is 2. The Kier molecular flexibility index (Phi) is 6.80. The van der Waals surface area contributed by atoms with Crippen molar-refractivity contribution in [2.24, 2.45) is 0 Å². The molecule has 2 rings (SSSR count). The zero-order valence-electron chi connectivity index (χ0n) is 15.6. The Morgan fingerprint density at radius 3 is 2.46 bits per heavy atom. The highest BCUT2D eigenvalue weighted by Crippen LogP contribution is 2.20. The van der Waals surface area contributed by atoms with Crippen LogP contribution in [0.2, 0.25) is 5.02 Å². The predicted molar refractivity (Wildman–Crippen MR) is 100 cm³/mol. The van der Waals surface area contributed by atoms with E-state index >= 15 is 0 Å². The van der Waals surface area contributed by atoms with E-state index < -0.39 is 5.97 Å². The first-order valence-electron chi connectivity index (χ1n) is 8.61. The molecule has 0 atom stereocenters. The number of hydrogen-bond donors (Lipinski definition) is 0. The van der Waals surface area contributed by atoms with Gasteiger partial charge in [0, 0.05) is 18.1 Å². The van der Waals surface area contributed by atoms with Gasteiger partial charge in [0.1, 0.15) is 5.56 Å². The second kappa shape index (κ2) is 8.85. The molecule has 0 radical (unpaired) electrons. The van der Waals surface area contributed by atoms with Crippen molar-refractivity contribution in [3.8, 4) is 0 Å². The predicted octanol–water partition coefficient (Wildman–Crippen LogP) is 3.23. The van der Waals surface area contributed by atoms with Crippen molar-refractivity contribution in [2.45, 2.75) is 34.2 Å². The average molecular weight is 378 g/mol. The lowest BCUT2D eigenvalue weighted by atomic mass is 10.2. The van der Waals surface area contributed by atoms with Gasteiger partial charge in [0.25, 0.3) is 5.91 Å². The van der Waals surface area contributed by atoms with E-state index in [1.807, 2.05) is 38.1 Å². The van der Waals surface area contributed by atoms with Gasteiger partial charge in [-0.05, 0) is 39.3 Å². The fourth-order valence-corrected chi connectivity index (χ4v) is 3.00. The van der Waals surface area contributed by atoms with Crippen molar-refractivity contribution in [2.75, 3.05) is 19.7 Å². The van der Waals surface area contributed by atoms with Crippen LogP contribution in [0, 0.1) is 13.8 Å². The summed E-state index contributed by atoms with van der Waals surface area (Å²) in [6.07, 6.45) is 0. The van der Waals surface area contributed by atoms with Gasteiger partial charge >= 0.3 is 5.97 Å². The quantitative estimate of drug-likeness (QED) is 0.695. The summed E-state index contributed by atoms with van der Waals surface area (Å²) in [6.45, 7) is 8.68. The fourth-order valence-electron chi connectivity index (χ4n) is 2.80. The second-order valence-electron chi connectivity index (χ2n) is 5.94. The van der Waals surface area contributed by atoms with Gasteiger partial charge in [-0.2, -0.15) is 5.10 Å². The molecule has 0 unspecified atom stereocenters. The first-order chi connectivity index (χ1) is 12.4. The minimum Gasteiger partial charge on any atom is -0.452 e. The third-order valence-corrected chi connectivity index (χ3v) is 4.68. The van der Waals surface area contributed by atoms with Crippen LogP contribution in [0.3, 0.4) is 0 Å². The van der Waals surface area contributed by atoms with Gasteiger partial charge in [-0.25, -0.2) is 4.79 Å². The highest BCUT2D eigenvalue weighted by atomic mass is 35.5. The average Bonchev–Trinajstić information content (AvgIpc) is 2.89. The molecular weight excluding hydrogens is 354 g/mol. The van der Waals surface area contributed by atoms with Crippen LogP contribution in [-0.4, -0.2) is 46.3 Å². The minimum absolute atomic E-state index is 0.206. The van der Waals surface area contributed by atoms with Gasteiger partial charge in [-0.15, -0.1) is 0 Å². The maximum Gasteiger partial charge on any atom is 0.342 e.